The highest BCUT2D eigenvalue weighted by molar-refractivity contribution is 5.68. The lowest BCUT2D eigenvalue weighted by Crippen LogP contribution is -2.25. The molecule has 0 radical (unpaired) electrons. The van der Waals surface area contributed by atoms with Gasteiger partial charge in [-0.3, -0.25) is 10.1 Å². The van der Waals surface area contributed by atoms with Crippen LogP contribution >= 0.6 is 0 Å². The van der Waals surface area contributed by atoms with Crippen LogP contribution in [-0.4, -0.2) is 25.2 Å². The van der Waals surface area contributed by atoms with Crippen molar-refractivity contribution in [1.29, 1.82) is 5.26 Å². The molecule has 0 aliphatic carbocycles. The first-order chi connectivity index (χ1) is 9.41. The molecule has 0 aliphatic heterocycles. The number of nitro benzene ring substituents is 1. The summed E-state index contributed by atoms with van der Waals surface area (Å²) in [7, 11) is 1.64. The Morgan fingerprint density at radius 1 is 1.50 bits per heavy atom. The van der Waals surface area contributed by atoms with E-state index in [0.29, 0.717) is 18.8 Å². The summed E-state index contributed by atoms with van der Waals surface area (Å²) < 4.78 is 5.05. The minimum absolute atomic E-state index is 0.0630. The molecule has 20 heavy (non-hydrogen) atoms. The Bertz CT molecular complexity index is 521. The van der Waals surface area contributed by atoms with E-state index < -0.39 is 4.92 Å². The molecule has 6 heteroatoms. The van der Waals surface area contributed by atoms with Crippen molar-refractivity contribution >= 4 is 11.4 Å². The van der Waals surface area contributed by atoms with E-state index in [1.807, 2.05) is 6.07 Å². The zero-order valence-electron chi connectivity index (χ0n) is 12.0. The largest absolute Gasteiger partial charge is 0.385 e. The molecule has 6 nitrogen and oxygen atoms in total. The Balaban J connectivity index is 2.88. The topological polar surface area (TPSA) is 88.2 Å². The maximum Gasteiger partial charge on any atom is 0.309 e. The first kappa shape index (κ1) is 15.9. The highest BCUT2D eigenvalue weighted by Crippen LogP contribution is 2.30. The summed E-state index contributed by atoms with van der Waals surface area (Å²) in [5, 5.41) is 23.1. The second-order valence-corrected chi connectivity index (χ2v) is 5.33. The second kappa shape index (κ2) is 6.87. The van der Waals surface area contributed by atoms with Crippen LogP contribution in [0.4, 0.5) is 11.4 Å². The molecule has 0 unspecified atom stereocenters. The second-order valence-electron chi connectivity index (χ2n) is 5.33. The van der Waals surface area contributed by atoms with Crippen LogP contribution in [0.5, 0.6) is 0 Å². The Morgan fingerprint density at radius 2 is 2.20 bits per heavy atom. The number of ether oxygens (including phenoxy) is 1. The molecule has 0 spiro atoms. The number of rotatable bonds is 7. The monoisotopic (exact) mass is 277 g/mol. The molecule has 1 rings (SSSR count). The van der Waals surface area contributed by atoms with Gasteiger partial charge in [-0.15, -0.1) is 0 Å². The van der Waals surface area contributed by atoms with Crippen molar-refractivity contribution in [3.8, 4) is 6.07 Å². The van der Waals surface area contributed by atoms with E-state index >= 15 is 0 Å². The third kappa shape index (κ3) is 4.21. The minimum atomic E-state index is -0.525. The number of para-hydroxylation sites is 1. The minimum Gasteiger partial charge on any atom is -0.385 e. The molecule has 0 aliphatic rings. The predicted octanol–water partition coefficient (Wildman–Crippen LogP) is 2.94. The highest BCUT2D eigenvalue weighted by atomic mass is 16.6. The highest BCUT2D eigenvalue weighted by Gasteiger charge is 2.22. The standard InChI is InChI=1S/C14H19N3O3/c1-14(2,7-8-20-3)10-16-12-6-4-5-11(9-15)13(12)17(18)19/h4-6,16H,7-8,10H2,1-3H3. The average molecular weight is 277 g/mol. The van der Waals surface area contributed by atoms with Crippen molar-refractivity contribution in [3.63, 3.8) is 0 Å². The van der Waals surface area contributed by atoms with Gasteiger partial charge in [-0.25, -0.2) is 0 Å². The lowest BCUT2D eigenvalue weighted by Gasteiger charge is -2.25. The van der Waals surface area contributed by atoms with Gasteiger partial charge in [-0.1, -0.05) is 19.9 Å². The van der Waals surface area contributed by atoms with Crippen molar-refractivity contribution in [2.75, 3.05) is 25.6 Å². The van der Waals surface area contributed by atoms with Crippen molar-refractivity contribution < 1.29 is 9.66 Å². The van der Waals surface area contributed by atoms with E-state index in [9.17, 15) is 10.1 Å². The van der Waals surface area contributed by atoms with Crippen LogP contribution in [0.1, 0.15) is 25.8 Å². The summed E-state index contributed by atoms with van der Waals surface area (Å²) in [4.78, 5) is 10.6. The molecule has 1 aromatic rings. The summed E-state index contributed by atoms with van der Waals surface area (Å²) in [6.07, 6.45) is 0.836. The molecular formula is C14H19N3O3. The van der Waals surface area contributed by atoms with Crippen LogP contribution in [0, 0.1) is 26.9 Å². The third-order valence-corrected chi connectivity index (χ3v) is 3.08. The molecule has 0 atom stereocenters. The van der Waals surface area contributed by atoms with Gasteiger partial charge < -0.3 is 10.1 Å². The smallest absolute Gasteiger partial charge is 0.309 e. The summed E-state index contributed by atoms with van der Waals surface area (Å²) in [5.74, 6) is 0. The van der Waals surface area contributed by atoms with Gasteiger partial charge in [0.25, 0.3) is 0 Å². The Morgan fingerprint density at radius 3 is 2.75 bits per heavy atom. The van der Waals surface area contributed by atoms with E-state index in [2.05, 4.69) is 19.2 Å². The van der Waals surface area contributed by atoms with Crippen LogP contribution in [0.15, 0.2) is 18.2 Å². The molecule has 0 aromatic heterocycles. The van der Waals surface area contributed by atoms with E-state index in [4.69, 9.17) is 10.00 Å². The van der Waals surface area contributed by atoms with Gasteiger partial charge in [0, 0.05) is 20.3 Å². The zero-order chi connectivity index (χ0) is 15.2. The maximum atomic E-state index is 11.1. The number of nitrogens with one attached hydrogen (secondary N) is 1. The maximum absolute atomic E-state index is 11.1. The van der Waals surface area contributed by atoms with E-state index in [0.717, 1.165) is 6.42 Å². The van der Waals surface area contributed by atoms with Crippen LogP contribution in [0.3, 0.4) is 0 Å². The van der Waals surface area contributed by atoms with Crippen LogP contribution < -0.4 is 5.32 Å². The van der Waals surface area contributed by atoms with Crippen LogP contribution in [0.2, 0.25) is 0 Å². The zero-order valence-corrected chi connectivity index (χ0v) is 12.0. The summed E-state index contributed by atoms with van der Waals surface area (Å²) in [6.45, 7) is 5.30. The molecule has 1 aromatic carbocycles. The van der Waals surface area contributed by atoms with E-state index in [1.54, 1.807) is 19.2 Å². The molecule has 1 N–H and O–H groups in total. The molecule has 0 heterocycles. The predicted molar refractivity (Wildman–Crippen MR) is 76.6 cm³/mol. The first-order valence-electron chi connectivity index (χ1n) is 6.31. The van der Waals surface area contributed by atoms with Crippen LogP contribution in [0.25, 0.3) is 0 Å². The number of hydrogen-bond acceptors (Lipinski definition) is 5. The van der Waals surface area contributed by atoms with Gasteiger partial charge in [-0.05, 0) is 24.0 Å². The molecule has 0 amide bonds. The Hall–Kier alpha value is -2.13. The van der Waals surface area contributed by atoms with Gasteiger partial charge in [0.05, 0.1) is 4.92 Å². The number of methoxy groups -OCH3 is 1. The van der Waals surface area contributed by atoms with Gasteiger partial charge in [0.2, 0.25) is 0 Å². The van der Waals surface area contributed by atoms with Crippen molar-refractivity contribution in [3.05, 3.63) is 33.9 Å². The summed E-state index contributed by atoms with van der Waals surface area (Å²) in [5.41, 5.74) is 0.207. The summed E-state index contributed by atoms with van der Waals surface area (Å²) >= 11 is 0. The van der Waals surface area contributed by atoms with Crippen molar-refractivity contribution in [2.45, 2.75) is 20.3 Å². The normalized spacial score (nSPS) is 10.9. The quantitative estimate of drug-likeness (QED) is 0.611. The number of benzene rings is 1. The number of anilines is 1. The van der Waals surface area contributed by atoms with E-state index in [1.165, 1.54) is 6.07 Å². The fourth-order valence-electron chi connectivity index (χ4n) is 1.77. The Kier molecular flexibility index (Phi) is 5.47. The van der Waals surface area contributed by atoms with Crippen LogP contribution in [-0.2, 0) is 4.74 Å². The SMILES string of the molecule is COCCC(C)(C)CNc1cccc(C#N)c1[N+](=O)[O-]. The Labute approximate surface area is 118 Å². The lowest BCUT2D eigenvalue weighted by atomic mass is 9.89. The lowest BCUT2D eigenvalue weighted by molar-refractivity contribution is -0.384. The number of nitro groups is 1. The van der Waals surface area contributed by atoms with Gasteiger partial charge in [-0.2, -0.15) is 5.26 Å². The van der Waals surface area contributed by atoms with Gasteiger partial charge in [0.1, 0.15) is 17.3 Å². The average Bonchev–Trinajstić information content (AvgIpc) is 2.42. The third-order valence-electron chi connectivity index (χ3n) is 3.08. The van der Waals surface area contributed by atoms with Crippen molar-refractivity contribution in [2.24, 2.45) is 5.41 Å². The summed E-state index contributed by atoms with van der Waals surface area (Å²) in [6, 6.07) is 6.54. The molecule has 0 saturated carbocycles. The molecule has 0 saturated heterocycles. The number of nitrogens with zero attached hydrogens (tertiary/aromatic N) is 2. The van der Waals surface area contributed by atoms with E-state index in [-0.39, 0.29) is 16.7 Å². The van der Waals surface area contributed by atoms with Gasteiger partial charge >= 0.3 is 5.69 Å². The fraction of sp³-hybridized carbons (Fsp3) is 0.500. The molecule has 108 valence electrons. The molecule has 0 fully saturated rings. The molecule has 0 bridgehead atoms. The van der Waals surface area contributed by atoms with Crippen molar-refractivity contribution in [1.82, 2.24) is 0 Å². The first-order valence-corrected chi connectivity index (χ1v) is 6.31. The number of hydrogen-bond donors (Lipinski definition) is 1. The fourth-order valence-corrected chi connectivity index (χ4v) is 1.77. The van der Waals surface area contributed by atoms with Gasteiger partial charge in [0.15, 0.2) is 0 Å². The molecular weight excluding hydrogens is 258 g/mol. The number of nitriles is 1.